The maximum atomic E-state index is 13.8. The molecule has 0 radical (unpaired) electrons. The van der Waals surface area contributed by atoms with Gasteiger partial charge >= 0.3 is 0 Å². The van der Waals surface area contributed by atoms with Gasteiger partial charge in [0, 0.05) is 24.4 Å². The zero-order valence-corrected chi connectivity index (χ0v) is 19.9. The summed E-state index contributed by atoms with van der Waals surface area (Å²) in [7, 11) is 0. The lowest BCUT2D eigenvalue weighted by molar-refractivity contribution is -0.141. The number of hydrogen-bond donors (Lipinski definition) is 0. The molecule has 8 unspecified atom stereocenters. The fourth-order valence-electron chi connectivity index (χ4n) is 8.01. The molecule has 2 saturated heterocycles. The molecular formula is C30H30N2O3. The van der Waals surface area contributed by atoms with E-state index < -0.39 is 0 Å². The van der Waals surface area contributed by atoms with Crippen LogP contribution in [-0.4, -0.2) is 40.1 Å². The number of allylic oxidation sites excluding steroid dienone is 2. The predicted octanol–water partition coefficient (Wildman–Crippen LogP) is 3.87. The van der Waals surface area contributed by atoms with E-state index in [0.29, 0.717) is 12.5 Å². The Morgan fingerprint density at radius 2 is 1.43 bits per heavy atom. The number of hydrogen-bond acceptors (Lipinski definition) is 3. The predicted molar refractivity (Wildman–Crippen MR) is 131 cm³/mol. The van der Waals surface area contributed by atoms with Crippen LogP contribution in [0.3, 0.4) is 0 Å². The van der Waals surface area contributed by atoms with Crippen LogP contribution in [0.25, 0.3) is 0 Å². The van der Waals surface area contributed by atoms with Crippen molar-refractivity contribution < 1.29 is 14.4 Å². The lowest BCUT2D eigenvalue weighted by Crippen LogP contribution is -2.40. The van der Waals surface area contributed by atoms with E-state index in [-0.39, 0.29) is 65.2 Å². The third-order valence-electron chi connectivity index (χ3n) is 9.63. The van der Waals surface area contributed by atoms with E-state index in [2.05, 4.69) is 48.2 Å². The van der Waals surface area contributed by atoms with Gasteiger partial charge in [-0.2, -0.15) is 0 Å². The number of rotatable bonds is 4. The Labute approximate surface area is 205 Å². The topological polar surface area (TPSA) is 57.7 Å². The highest BCUT2D eigenvalue weighted by Crippen LogP contribution is 2.69. The SMILES string of the molecule is CC1C(c2ccccc2)CCN1C(=O)C1C2C3C=CC(C4C(=O)N(Cc5ccccc5)C(=O)C34)C12. The molecule has 0 aromatic heterocycles. The Morgan fingerprint density at radius 3 is 2.03 bits per heavy atom. The van der Waals surface area contributed by atoms with Gasteiger partial charge in [0.2, 0.25) is 17.7 Å². The van der Waals surface area contributed by atoms with Crippen LogP contribution < -0.4 is 0 Å². The van der Waals surface area contributed by atoms with Crippen LogP contribution in [0.5, 0.6) is 0 Å². The van der Waals surface area contributed by atoms with Gasteiger partial charge in [-0.3, -0.25) is 19.3 Å². The molecule has 6 aliphatic rings. The van der Waals surface area contributed by atoms with Crippen molar-refractivity contribution in [2.45, 2.75) is 31.8 Å². The zero-order valence-electron chi connectivity index (χ0n) is 19.9. The summed E-state index contributed by atoms with van der Waals surface area (Å²) >= 11 is 0. The van der Waals surface area contributed by atoms with Crippen LogP contribution >= 0.6 is 0 Å². The number of amides is 3. The lowest BCUT2D eigenvalue weighted by Gasteiger charge is -2.37. The maximum absolute atomic E-state index is 13.8. The second kappa shape index (κ2) is 7.64. The van der Waals surface area contributed by atoms with E-state index in [1.807, 2.05) is 36.4 Å². The minimum Gasteiger partial charge on any atom is -0.339 e. The van der Waals surface area contributed by atoms with Crippen molar-refractivity contribution in [3.8, 4) is 0 Å². The van der Waals surface area contributed by atoms with Crippen molar-refractivity contribution in [2.75, 3.05) is 6.54 Å². The first-order valence-corrected chi connectivity index (χ1v) is 13.0. The first-order valence-electron chi connectivity index (χ1n) is 13.0. The largest absolute Gasteiger partial charge is 0.339 e. The van der Waals surface area contributed by atoms with E-state index in [9.17, 15) is 14.4 Å². The second-order valence-electron chi connectivity index (χ2n) is 11.1. The summed E-state index contributed by atoms with van der Waals surface area (Å²) in [6, 6.07) is 20.4. The molecule has 2 aromatic rings. The van der Waals surface area contributed by atoms with Crippen molar-refractivity contribution in [2.24, 2.45) is 41.4 Å². The summed E-state index contributed by atoms with van der Waals surface area (Å²) < 4.78 is 0. The van der Waals surface area contributed by atoms with Gasteiger partial charge in [-0.15, -0.1) is 0 Å². The molecule has 0 N–H and O–H groups in total. The van der Waals surface area contributed by atoms with Crippen LogP contribution in [0.15, 0.2) is 72.8 Å². The lowest BCUT2D eigenvalue weighted by atomic mass is 9.63. The van der Waals surface area contributed by atoms with Crippen LogP contribution in [0, 0.1) is 41.4 Å². The quantitative estimate of drug-likeness (QED) is 0.508. The van der Waals surface area contributed by atoms with E-state index in [1.165, 1.54) is 10.5 Å². The number of benzene rings is 2. The van der Waals surface area contributed by atoms with Crippen molar-refractivity contribution in [1.82, 2.24) is 9.80 Å². The van der Waals surface area contributed by atoms with E-state index in [0.717, 1.165) is 18.5 Å². The molecule has 4 fully saturated rings. The Hall–Kier alpha value is -3.21. The van der Waals surface area contributed by atoms with Crippen molar-refractivity contribution in [3.63, 3.8) is 0 Å². The molecule has 5 nitrogen and oxygen atoms in total. The molecule has 4 aliphatic carbocycles. The molecular weight excluding hydrogens is 436 g/mol. The van der Waals surface area contributed by atoms with Crippen LogP contribution in [0.1, 0.15) is 30.4 Å². The van der Waals surface area contributed by atoms with Crippen LogP contribution in [0.4, 0.5) is 0 Å². The average molecular weight is 467 g/mol. The highest BCUT2D eigenvalue weighted by molar-refractivity contribution is 6.06. The minimum atomic E-state index is -0.298. The van der Waals surface area contributed by atoms with Gasteiger partial charge in [-0.05, 0) is 48.1 Å². The third-order valence-corrected chi connectivity index (χ3v) is 9.63. The molecule has 35 heavy (non-hydrogen) atoms. The van der Waals surface area contributed by atoms with Crippen LogP contribution in [-0.2, 0) is 20.9 Å². The summed E-state index contributed by atoms with van der Waals surface area (Å²) in [5.41, 5.74) is 2.27. The van der Waals surface area contributed by atoms with Gasteiger partial charge in [-0.25, -0.2) is 0 Å². The van der Waals surface area contributed by atoms with E-state index in [1.54, 1.807) is 0 Å². The van der Waals surface area contributed by atoms with Gasteiger partial charge in [-0.1, -0.05) is 72.8 Å². The Balaban J connectivity index is 1.10. The van der Waals surface area contributed by atoms with Gasteiger partial charge in [0.25, 0.3) is 0 Å². The molecule has 8 rings (SSSR count). The monoisotopic (exact) mass is 466 g/mol. The number of nitrogens with zero attached hydrogens (tertiary/aromatic N) is 2. The molecule has 2 bridgehead atoms. The number of carbonyl (C=O) groups excluding carboxylic acids is 3. The highest BCUT2D eigenvalue weighted by atomic mass is 16.2. The molecule has 0 spiro atoms. The first-order chi connectivity index (χ1) is 17.1. The molecule has 2 aromatic carbocycles. The van der Waals surface area contributed by atoms with Crippen molar-refractivity contribution in [1.29, 1.82) is 0 Å². The van der Waals surface area contributed by atoms with Crippen LogP contribution in [0.2, 0.25) is 0 Å². The molecule has 8 atom stereocenters. The van der Waals surface area contributed by atoms with E-state index >= 15 is 0 Å². The summed E-state index contributed by atoms with van der Waals surface area (Å²) in [4.78, 5) is 44.3. The molecule has 2 heterocycles. The fraction of sp³-hybridized carbons (Fsp3) is 0.433. The number of likely N-dealkylation sites (tertiary alicyclic amines) is 2. The fourth-order valence-corrected chi connectivity index (χ4v) is 8.01. The zero-order chi connectivity index (χ0) is 23.8. The summed E-state index contributed by atoms with van der Waals surface area (Å²) in [5, 5.41) is 0. The average Bonchev–Trinajstić information content (AvgIpc) is 3.49. The minimum absolute atomic E-state index is 0.00371. The van der Waals surface area contributed by atoms with Gasteiger partial charge in [0.05, 0.1) is 18.4 Å². The molecule has 2 aliphatic heterocycles. The maximum Gasteiger partial charge on any atom is 0.234 e. The first kappa shape index (κ1) is 21.1. The van der Waals surface area contributed by atoms with Crippen molar-refractivity contribution >= 4 is 17.7 Å². The molecule has 2 saturated carbocycles. The Bertz CT molecular complexity index is 1190. The molecule has 178 valence electrons. The van der Waals surface area contributed by atoms with Gasteiger partial charge < -0.3 is 4.90 Å². The standard InChI is InChI=1S/C30H30N2O3/c1-17-20(19-10-6-3-7-11-19)14-15-31(17)30(35)27-23-21-12-13-22(24(23)27)26-25(21)28(33)32(29(26)34)16-18-8-4-2-5-9-18/h2-13,17,20-27H,14-16H2,1H3. The molecule has 5 heteroatoms. The third kappa shape index (κ3) is 2.96. The number of imide groups is 1. The van der Waals surface area contributed by atoms with Gasteiger partial charge in [0.1, 0.15) is 0 Å². The number of carbonyl (C=O) groups is 3. The summed E-state index contributed by atoms with van der Waals surface area (Å²) in [6.07, 6.45) is 5.29. The highest BCUT2D eigenvalue weighted by Gasteiger charge is 2.73. The molecule has 3 amide bonds. The van der Waals surface area contributed by atoms with E-state index in [4.69, 9.17) is 0 Å². The normalized spacial score (nSPS) is 38.6. The summed E-state index contributed by atoms with van der Waals surface area (Å²) in [5.74, 6) is 0.290. The van der Waals surface area contributed by atoms with Crippen molar-refractivity contribution in [3.05, 3.63) is 83.9 Å². The summed E-state index contributed by atoms with van der Waals surface area (Å²) in [6.45, 7) is 3.30. The second-order valence-corrected chi connectivity index (χ2v) is 11.1. The van der Waals surface area contributed by atoms with Gasteiger partial charge in [0.15, 0.2) is 0 Å². The Kier molecular flexibility index (Phi) is 4.61. The Morgan fingerprint density at radius 1 is 0.857 bits per heavy atom. The smallest absolute Gasteiger partial charge is 0.234 e.